The Balaban J connectivity index is 2.29. The zero-order valence-corrected chi connectivity index (χ0v) is 7.74. The molecular weight excluding hydrogens is 170 g/mol. The van der Waals surface area contributed by atoms with Gasteiger partial charge in [0.1, 0.15) is 6.04 Å². The first-order chi connectivity index (χ1) is 6.22. The summed E-state index contributed by atoms with van der Waals surface area (Å²) in [6.45, 7) is 0. The maximum Gasteiger partial charge on any atom is 0.227 e. The first-order valence-corrected chi connectivity index (χ1v) is 4.31. The molecule has 13 heavy (non-hydrogen) atoms. The quantitative estimate of drug-likeness (QED) is 0.486. The van der Waals surface area contributed by atoms with Crippen molar-refractivity contribution >= 4 is 5.91 Å². The van der Waals surface area contributed by atoms with Gasteiger partial charge in [-0.1, -0.05) is 12.2 Å². The minimum Gasteiger partial charge on any atom is -0.351 e. The van der Waals surface area contributed by atoms with Crippen molar-refractivity contribution in [1.82, 2.24) is 5.32 Å². The molecule has 3 aliphatic rings. The predicted molar refractivity (Wildman–Crippen MR) is 45.9 cm³/mol. The van der Waals surface area contributed by atoms with E-state index in [2.05, 4.69) is 5.32 Å². The third kappa shape index (κ3) is 1.09. The van der Waals surface area contributed by atoms with Crippen LogP contribution in [0.2, 0.25) is 0 Å². The highest BCUT2D eigenvalue weighted by Gasteiger charge is 2.49. The van der Waals surface area contributed by atoms with E-state index in [-0.39, 0.29) is 17.9 Å². The molecule has 2 aliphatic heterocycles. The van der Waals surface area contributed by atoms with Crippen molar-refractivity contribution in [3.05, 3.63) is 12.2 Å². The van der Waals surface area contributed by atoms with Crippen LogP contribution in [0.5, 0.6) is 0 Å². The van der Waals surface area contributed by atoms with Gasteiger partial charge in [-0.15, -0.1) is 0 Å². The first-order valence-electron chi connectivity index (χ1n) is 4.31. The molecule has 4 heteroatoms. The highest BCUT2D eigenvalue weighted by molar-refractivity contribution is 5.83. The zero-order valence-electron chi connectivity index (χ0n) is 7.74. The van der Waals surface area contributed by atoms with E-state index in [9.17, 15) is 4.79 Å². The molecule has 2 bridgehead atoms. The van der Waals surface area contributed by atoms with Crippen molar-refractivity contribution in [3.63, 3.8) is 0 Å². The largest absolute Gasteiger partial charge is 0.351 e. The van der Waals surface area contributed by atoms with Gasteiger partial charge < -0.3 is 14.8 Å². The van der Waals surface area contributed by atoms with Crippen LogP contribution in [0.1, 0.15) is 6.42 Å². The van der Waals surface area contributed by atoms with E-state index in [4.69, 9.17) is 9.47 Å². The van der Waals surface area contributed by atoms with E-state index in [1.165, 1.54) is 0 Å². The molecule has 72 valence electrons. The lowest BCUT2D eigenvalue weighted by Crippen LogP contribution is -2.63. The second-order valence-electron chi connectivity index (χ2n) is 3.40. The summed E-state index contributed by atoms with van der Waals surface area (Å²) in [5, 5.41) is 2.83. The fourth-order valence-corrected chi connectivity index (χ4v) is 2.00. The third-order valence-electron chi connectivity index (χ3n) is 2.84. The first kappa shape index (κ1) is 8.72. The average Bonchev–Trinajstić information content (AvgIpc) is 2.19. The molecule has 1 saturated heterocycles. The van der Waals surface area contributed by atoms with Crippen molar-refractivity contribution in [2.24, 2.45) is 5.92 Å². The van der Waals surface area contributed by atoms with Gasteiger partial charge in [-0.05, 0) is 0 Å². The van der Waals surface area contributed by atoms with Gasteiger partial charge in [0.15, 0.2) is 5.79 Å². The van der Waals surface area contributed by atoms with Gasteiger partial charge in [-0.3, -0.25) is 4.79 Å². The van der Waals surface area contributed by atoms with E-state index in [0.29, 0.717) is 6.42 Å². The minimum absolute atomic E-state index is 0.0669. The molecule has 1 aliphatic carbocycles. The average molecular weight is 183 g/mol. The number of carbonyl (C=O) groups is 1. The van der Waals surface area contributed by atoms with Gasteiger partial charge in [0, 0.05) is 20.6 Å². The summed E-state index contributed by atoms with van der Waals surface area (Å²) >= 11 is 0. The number of amides is 1. The molecule has 3 rings (SSSR count). The number of methoxy groups -OCH3 is 2. The number of piperidine rings is 1. The van der Waals surface area contributed by atoms with Gasteiger partial charge in [0.25, 0.3) is 0 Å². The minimum atomic E-state index is -0.659. The summed E-state index contributed by atoms with van der Waals surface area (Å²) in [6.07, 6.45) is 4.45. The molecule has 2 heterocycles. The van der Waals surface area contributed by atoms with Gasteiger partial charge in [-0.2, -0.15) is 0 Å². The van der Waals surface area contributed by atoms with Gasteiger partial charge >= 0.3 is 0 Å². The smallest absolute Gasteiger partial charge is 0.227 e. The maximum atomic E-state index is 11.3. The molecule has 0 aromatic carbocycles. The predicted octanol–water partition coefficient (Wildman–Crippen LogP) is 0.0500. The molecule has 2 atom stereocenters. The van der Waals surface area contributed by atoms with E-state index in [1.807, 2.05) is 12.2 Å². The molecule has 1 fully saturated rings. The Hall–Kier alpha value is -0.870. The van der Waals surface area contributed by atoms with E-state index in [0.717, 1.165) is 0 Å². The molecule has 0 spiro atoms. The van der Waals surface area contributed by atoms with Crippen molar-refractivity contribution in [2.45, 2.75) is 18.2 Å². The zero-order chi connectivity index (χ0) is 9.47. The number of hydrogen-bond donors (Lipinski definition) is 1. The summed E-state index contributed by atoms with van der Waals surface area (Å²) in [4.78, 5) is 11.3. The molecule has 0 radical (unpaired) electrons. The van der Waals surface area contributed by atoms with Crippen LogP contribution in [0.4, 0.5) is 0 Å². The van der Waals surface area contributed by atoms with Crippen LogP contribution in [-0.4, -0.2) is 32.0 Å². The second-order valence-corrected chi connectivity index (χ2v) is 3.40. The van der Waals surface area contributed by atoms with E-state index < -0.39 is 5.79 Å². The van der Waals surface area contributed by atoms with Crippen LogP contribution in [0, 0.1) is 5.92 Å². The Kier molecular flexibility index (Phi) is 1.89. The third-order valence-corrected chi connectivity index (χ3v) is 2.84. The van der Waals surface area contributed by atoms with Crippen LogP contribution in [0.15, 0.2) is 12.2 Å². The fourth-order valence-electron chi connectivity index (χ4n) is 2.00. The van der Waals surface area contributed by atoms with Crippen molar-refractivity contribution in [3.8, 4) is 0 Å². The van der Waals surface area contributed by atoms with E-state index >= 15 is 0 Å². The molecule has 1 N–H and O–H groups in total. The van der Waals surface area contributed by atoms with Crippen LogP contribution in [-0.2, 0) is 14.3 Å². The topological polar surface area (TPSA) is 47.6 Å². The Morgan fingerprint density at radius 2 is 2.15 bits per heavy atom. The SMILES string of the molecule is COC1(OC)CC2C=CC1NC2=O. The lowest BCUT2D eigenvalue weighted by atomic mass is 9.82. The van der Waals surface area contributed by atoms with Crippen LogP contribution < -0.4 is 5.32 Å². The van der Waals surface area contributed by atoms with Crippen LogP contribution in [0.3, 0.4) is 0 Å². The number of ether oxygens (including phenoxy) is 2. The highest BCUT2D eigenvalue weighted by Crippen LogP contribution is 2.35. The Bertz CT molecular complexity index is 258. The molecule has 0 aromatic rings. The molecular formula is C9H13NO3. The van der Waals surface area contributed by atoms with Crippen LogP contribution >= 0.6 is 0 Å². The van der Waals surface area contributed by atoms with Gasteiger partial charge in [0.2, 0.25) is 5.91 Å². The summed E-state index contributed by atoms with van der Waals surface area (Å²) in [7, 11) is 3.20. The standard InChI is InChI=1S/C9H13NO3/c1-12-9(13-2)5-6-3-4-7(9)10-8(6)11/h3-4,6-7H,5H2,1-2H3,(H,10,11). The monoisotopic (exact) mass is 183 g/mol. The lowest BCUT2D eigenvalue weighted by molar-refractivity contribution is -0.236. The number of carbonyl (C=O) groups excluding carboxylic acids is 1. The number of nitrogens with one attached hydrogen (secondary N) is 1. The summed E-state index contributed by atoms with van der Waals surface area (Å²) in [6, 6.07) is -0.153. The fraction of sp³-hybridized carbons (Fsp3) is 0.667. The summed E-state index contributed by atoms with van der Waals surface area (Å²) in [5.41, 5.74) is 0. The maximum absolute atomic E-state index is 11.3. The number of hydrogen-bond acceptors (Lipinski definition) is 3. The normalized spacial score (nSPS) is 34.8. The second kappa shape index (κ2) is 2.82. The Morgan fingerprint density at radius 1 is 1.46 bits per heavy atom. The molecule has 2 unspecified atom stereocenters. The number of rotatable bonds is 2. The molecule has 1 amide bonds. The number of fused-ring (bicyclic) bond motifs is 2. The summed E-state index contributed by atoms with van der Waals surface area (Å²) < 4.78 is 10.6. The molecule has 0 aromatic heterocycles. The summed E-state index contributed by atoms with van der Waals surface area (Å²) in [5.74, 6) is -0.699. The van der Waals surface area contributed by atoms with Crippen molar-refractivity contribution in [1.29, 1.82) is 0 Å². The van der Waals surface area contributed by atoms with Crippen LogP contribution in [0.25, 0.3) is 0 Å². The van der Waals surface area contributed by atoms with E-state index in [1.54, 1.807) is 14.2 Å². The Labute approximate surface area is 76.9 Å². The lowest BCUT2D eigenvalue weighted by Gasteiger charge is -2.45. The molecule has 4 nitrogen and oxygen atoms in total. The van der Waals surface area contributed by atoms with Crippen molar-refractivity contribution < 1.29 is 14.3 Å². The Morgan fingerprint density at radius 3 is 2.54 bits per heavy atom. The highest BCUT2D eigenvalue weighted by atomic mass is 16.7. The van der Waals surface area contributed by atoms with Gasteiger partial charge in [0.05, 0.1) is 5.92 Å². The van der Waals surface area contributed by atoms with Gasteiger partial charge in [-0.25, -0.2) is 0 Å². The molecule has 0 saturated carbocycles. The van der Waals surface area contributed by atoms with Crippen molar-refractivity contribution in [2.75, 3.05) is 14.2 Å².